The zero-order valence-electron chi connectivity index (χ0n) is 19.2. The third kappa shape index (κ3) is 4.63. The van der Waals surface area contributed by atoms with E-state index < -0.39 is 23.7 Å². The zero-order chi connectivity index (χ0) is 24.4. The van der Waals surface area contributed by atoms with Crippen LogP contribution in [0.1, 0.15) is 37.1 Å². The van der Waals surface area contributed by atoms with Crippen LogP contribution in [0.4, 0.5) is 9.18 Å². The lowest BCUT2D eigenvalue weighted by Gasteiger charge is -2.14. The molecule has 2 amide bonds. The smallest absolute Gasteiger partial charge is 0.326 e. The van der Waals surface area contributed by atoms with E-state index >= 15 is 0 Å². The van der Waals surface area contributed by atoms with Gasteiger partial charge in [-0.05, 0) is 50.2 Å². The van der Waals surface area contributed by atoms with Gasteiger partial charge in [-0.1, -0.05) is 43.3 Å². The molecular weight excluding hydrogens is 455 g/mol. The van der Waals surface area contributed by atoms with Crippen LogP contribution in [0, 0.1) is 12.7 Å². The molecule has 1 atom stereocenters. The molecule has 0 N–H and O–H groups in total. The number of rotatable bonds is 7. The van der Waals surface area contributed by atoms with Gasteiger partial charge in [0.15, 0.2) is 0 Å². The van der Waals surface area contributed by atoms with Gasteiger partial charge in [-0.15, -0.1) is 0 Å². The number of fused-ring (bicyclic) bond motifs is 1. The quantitative estimate of drug-likeness (QED) is 0.329. The Kier molecular flexibility index (Phi) is 6.88. The normalized spacial score (nSPS) is 16.0. The molecule has 0 spiro atoms. The average molecular weight is 481 g/mol. The standard InChI is InChI=1S/C26H25FN2O4S/c1-4-16(2)33-24(30)15-29-25(31)23(34-26(29)32)13-20-17(3)28(22-12-8-6-10-19(20)22)14-18-9-5-7-11-21(18)27/h5-13,16H,4,14-15H2,1-3H3/b23-13-/t16-/m1/s1. The van der Waals surface area contributed by atoms with Crippen LogP contribution in [0.2, 0.25) is 0 Å². The average Bonchev–Trinajstić information content (AvgIpc) is 3.23. The van der Waals surface area contributed by atoms with Crippen molar-refractivity contribution in [2.45, 2.75) is 39.8 Å². The van der Waals surface area contributed by atoms with Gasteiger partial charge in [0, 0.05) is 27.7 Å². The van der Waals surface area contributed by atoms with Crippen LogP contribution in [0.25, 0.3) is 17.0 Å². The molecule has 1 saturated heterocycles. The van der Waals surface area contributed by atoms with E-state index in [9.17, 15) is 18.8 Å². The van der Waals surface area contributed by atoms with E-state index in [1.165, 1.54) is 6.07 Å². The molecule has 1 fully saturated rings. The van der Waals surface area contributed by atoms with Crippen LogP contribution in [0.15, 0.2) is 53.4 Å². The summed E-state index contributed by atoms with van der Waals surface area (Å²) in [6.45, 7) is 5.45. The first-order chi connectivity index (χ1) is 16.3. The number of carbonyl (C=O) groups is 3. The second-order valence-electron chi connectivity index (χ2n) is 8.17. The van der Waals surface area contributed by atoms with Gasteiger partial charge in [0.25, 0.3) is 11.1 Å². The Morgan fingerprint density at radius 2 is 1.85 bits per heavy atom. The van der Waals surface area contributed by atoms with Gasteiger partial charge >= 0.3 is 5.97 Å². The molecule has 0 bridgehead atoms. The van der Waals surface area contributed by atoms with Gasteiger partial charge in [-0.3, -0.25) is 19.3 Å². The number of hydrogen-bond acceptors (Lipinski definition) is 5. The molecule has 1 aromatic heterocycles. The monoisotopic (exact) mass is 480 g/mol. The van der Waals surface area contributed by atoms with Gasteiger partial charge in [0.05, 0.1) is 17.6 Å². The molecule has 1 aliphatic heterocycles. The highest BCUT2D eigenvalue weighted by Crippen LogP contribution is 2.36. The summed E-state index contributed by atoms with van der Waals surface area (Å²) in [7, 11) is 0. The summed E-state index contributed by atoms with van der Waals surface area (Å²) in [5, 5.41) is 0.379. The minimum Gasteiger partial charge on any atom is -0.461 e. The number of ether oxygens (including phenoxy) is 1. The molecular formula is C26H25FN2O4S. The largest absolute Gasteiger partial charge is 0.461 e. The third-order valence-corrected chi connectivity index (χ3v) is 6.82. The Morgan fingerprint density at radius 1 is 1.15 bits per heavy atom. The van der Waals surface area contributed by atoms with Crippen LogP contribution in [0.3, 0.4) is 0 Å². The summed E-state index contributed by atoms with van der Waals surface area (Å²) in [5.74, 6) is -1.43. The van der Waals surface area contributed by atoms with Crippen molar-refractivity contribution in [2.24, 2.45) is 0 Å². The highest BCUT2D eigenvalue weighted by molar-refractivity contribution is 8.18. The molecule has 176 valence electrons. The molecule has 1 aliphatic rings. The van der Waals surface area contributed by atoms with E-state index in [1.54, 1.807) is 31.2 Å². The molecule has 2 aromatic carbocycles. The molecule has 8 heteroatoms. The molecule has 4 rings (SSSR count). The van der Waals surface area contributed by atoms with Gasteiger partial charge in [0.1, 0.15) is 12.4 Å². The van der Waals surface area contributed by atoms with Crippen molar-refractivity contribution >= 4 is 45.9 Å². The molecule has 0 aliphatic carbocycles. The lowest BCUT2D eigenvalue weighted by Crippen LogP contribution is -2.35. The Morgan fingerprint density at radius 3 is 2.59 bits per heavy atom. The van der Waals surface area contributed by atoms with Crippen molar-refractivity contribution in [3.8, 4) is 0 Å². The van der Waals surface area contributed by atoms with E-state index in [1.807, 2.05) is 42.7 Å². The van der Waals surface area contributed by atoms with Crippen LogP contribution >= 0.6 is 11.8 Å². The van der Waals surface area contributed by atoms with Gasteiger partial charge in [-0.2, -0.15) is 0 Å². The first-order valence-corrected chi connectivity index (χ1v) is 11.9. The highest BCUT2D eigenvalue weighted by atomic mass is 32.2. The Labute approximate surface area is 201 Å². The number of amides is 2. The fraction of sp³-hybridized carbons (Fsp3) is 0.269. The number of esters is 1. The molecule has 6 nitrogen and oxygen atoms in total. The first-order valence-electron chi connectivity index (χ1n) is 11.1. The molecule has 2 heterocycles. The van der Waals surface area contributed by atoms with Crippen LogP contribution in [-0.4, -0.2) is 39.2 Å². The van der Waals surface area contributed by atoms with Crippen molar-refractivity contribution in [1.29, 1.82) is 0 Å². The Bertz CT molecular complexity index is 1310. The van der Waals surface area contributed by atoms with Gasteiger partial charge in [-0.25, -0.2) is 4.39 Å². The number of hydrogen-bond donors (Lipinski definition) is 0. The van der Waals surface area contributed by atoms with E-state index in [2.05, 4.69) is 0 Å². The summed E-state index contributed by atoms with van der Waals surface area (Å²) in [6.07, 6.45) is 2.04. The minimum absolute atomic E-state index is 0.234. The number of nitrogens with zero attached hydrogens (tertiary/aromatic N) is 2. The maximum atomic E-state index is 14.3. The lowest BCUT2D eigenvalue weighted by atomic mass is 10.1. The summed E-state index contributed by atoms with van der Waals surface area (Å²) >= 11 is 0.798. The van der Waals surface area contributed by atoms with Crippen LogP contribution < -0.4 is 0 Å². The predicted octanol–water partition coefficient (Wildman–Crippen LogP) is 5.52. The minimum atomic E-state index is -0.615. The van der Waals surface area contributed by atoms with Crippen molar-refractivity contribution in [1.82, 2.24) is 9.47 Å². The van der Waals surface area contributed by atoms with E-state index in [0.29, 0.717) is 18.5 Å². The molecule has 0 unspecified atom stereocenters. The van der Waals surface area contributed by atoms with Gasteiger partial charge in [0.2, 0.25) is 0 Å². The summed E-state index contributed by atoms with van der Waals surface area (Å²) in [4.78, 5) is 38.7. The number of para-hydroxylation sites is 1. The second-order valence-corrected chi connectivity index (χ2v) is 9.16. The molecule has 0 saturated carbocycles. The Balaban J connectivity index is 1.67. The topological polar surface area (TPSA) is 68.6 Å². The van der Waals surface area contributed by atoms with E-state index in [0.717, 1.165) is 38.8 Å². The number of carbonyl (C=O) groups excluding carboxylic acids is 3. The molecule has 3 aromatic rings. The van der Waals surface area contributed by atoms with E-state index in [-0.39, 0.29) is 16.8 Å². The van der Waals surface area contributed by atoms with E-state index in [4.69, 9.17) is 4.74 Å². The summed E-state index contributed by atoms with van der Waals surface area (Å²) < 4.78 is 21.5. The Hall–Kier alpha value is -3.39. The van der Waals surface area contributed by atoms with Crippen LogP contribution in [-0.2, 0) is 20.9 Å². The lowest BCUT2D eigenvalue weighted by molar-refractivity contribution is -0.150. The number of aromatic nitrogens is 1. The van der Waals surface area contributed by atoms with Crippen molar-refractivity contribution < 1.29 is 23.5 Å². The number of thioether (sulfide) groups is 1. The zero-order valence-corrected chi connectivity index (χ0v) is 20.0. The van der Waals surface area contributed by atoms with Crippen molar-refractivity contribution in [3.05, 3.63) is 76.1 Å². The van der Waals surface area contributed by atoms with Crippen molar-refractivity contribution in [3.63, 3.8) is 0 Å². The number of halogens is 1. The SMILES string of the molecule is CC[C@@H](C)OC(=O)CN1C(=O)S/C(=C\c2c(C)n(Cc3ccccc3F)c3ccccc23)C1=O. The maximum Gasteiger partial charge on any atom is 0.326 e. The third-order valence-electron chi connectivity index (χ3n) is 5.91. The van der Waals surface area contributed by atoms with Gasteiger partial charge < -0.3 is 9.30 Å². The fourth-order valence-corrected chi connectivity index (χ4v) is 4.70. The second kappa shape index (κ2) is 9.85. The predicted molar refractivity (Wildman–Crippen MR) is 131 cm³/mol. The van der Waals surface area contributed by atoms with Crippen LogP contribution in [0.5, 0.6) is 0 Å². The first kappa shape index (κ1) is 23.8. The summed E-state index contributed by atoms with van der Waals surface area (Å²) in [6, 6.07) is 14.3. The molecule has 0 radical (unpaired) electrons. The highest BCUT2D eigenvalue weighted by Gasteiger charge is 2.37. The number of imide groups is 1. The maximum absolute atomic E-state index is 14.3. The number of benzene rings is 2. The fourth-order valence-electron chi connectivity index (χ4n) is 3.88. The van der Waals surface area contributed by atoms with Crippen molar-refractivity contribution in [2.75, 3.05) is 6.54 Å². The summed E-state index contributed by atoms with van der Waals surface area (Å²) in [5.41, 5.74) is 3.07. The molecule has 34 heavy (non-hydrogen) atoms.